The molecule has 196 valence electrons. The average Bonchev–Trinajstić information content (AvgIpc) is 3.18. The normalized spacial score (nSPS) is 15.2. The van der Waals surface area contributed by atoms with E-state index in [1.54, 1.807) is 31.2 Å². The summed E-state index contributed by atoms with van der Waals surface area (Å²) in [5, 5.41) is 0.417. The van der Waals surface area contributed by atoms with Gasteiger partial charge in [0, 0.05) is 12.6 Å². The van der Waals surface area contributed by atoms with Crippen molar-refractivity contribution in [2.45, 2.75) is 27.2 Å². The largest absolute Gasteiger partial charge is 0.490 e. The molecular formula is C27H30N2O7S. The summed E-state index contributed by atoms with van der Waals surface area (Å²) in [5.74, 6) is -0.0701. The van der Waals surface area contributed by atoms with Gasteiger partial charge in [-0.15, -0.1) is 0 Å². The number of nitrogens with zero attached hydrogens (tertiary/aromatic N) is 2. The number of aliphatic imine (C=N–C) groups is 1. The van der Waals surface area contributed by atoms with Crippen molar-refractivity contribution in [3.63, 3.8) is 0 Å². The molecule has 0 radical (unpaired) electrons. The summed E-state index contributed by atoms with van der Waals surface area (Å²) in [6.45, 7) is 7.18. The second kappa shape index (κ2) is 13.5. The van der Waals surface area contributed by atoms with Gasteiger partial charge in [-0.2, -0.15) is 0 Å². The van der Waals surface area contributed by atoms with Gasteiger partial charge in [-0.3, -0.25) is 9.69 Å². The van der Waals surface area contributed by atoms with Gasteiger partial charge < -0.3 is 18.9 Å². The zero-order valence-corrected chi connectivity index (χ0v) is 22.1. The van der Waals surface area contributed by atoms with E-state index in [2.05, 4.69) is 4.99 Å². The van der Waals surface area contributed by atoms with Gasteiger partial charge in [-0.1, -0.05) is 6.07 Å². The zero-order chi connectivity index (χ0) is 26.8. The quantitative estimate of drug-likeness (QED) is 0.311. The number of hydrogen-bond acceptors (Lipinski definition) is 9. The molecule has 9 nitrogen and oxygen atoms in total. The molecule has 10 heteroatoms. The minimum absolute atomic E-state index is 0.218. The van der Waals surface area contributed by atoms with Crippen LogP contribution in [0.1, 0.15) is 36.7 Å². The molecule has 37 heavy (non-hydrogen) atoms. The van der Waals surface area contributed by atoms with Crippen LogP contribution in [0, 0.1) is 0 Å². The first-order valence-electron chi connectivity index (χ1n) is 11.9. The Hall–Kier alpha value is -3.79. The first-order chi connectivity index (χ1) is 17.9. The smallest absolute Gasteiger partial charge is 0.338 e. The topological polar surface area (TPSA) is 104 Å². The number of ether oxygens (including phenoxy) is 4. The van der Waals surface area contributed by atoms with Gasteiger partial charge in [0.05, 0.1) is 43.1 Å². The van der Waals surface area contributed by atoms with Gasteiger partial charge in [-0.05, 0) is 80.9 Å². The number of esters is 2. The Balaban J connectivity index is 1.85. The van der Waals surface area contributed by atoms with Crippen LogP contribution in [-0.2, 0) is 25.5 Å². The predicted octanol–water partition coefficient (Wildman–Crippen LogP) is 4.52. The molecule has 0 aromatic heterocycles. The molecule has 1 heterocycles. The molecule has 0 aliphatic carbocycles. The Bertz CT molecular complexity index is 1190. The number of amidine groups is 1. The van der Waals surface area contributed by atoms with E-state index in [0.29, 0.717) is 54.1 Å². The molecule has 3 rings (SSSR count). The standard InChI is InChI=1S/C27H30N2O7S/c1-5-34-21-13-8-18(16-22(21)35-6-2)14-15-29-25(31)23(17-24(30)33-4)37-27(29)28-20-11-9-19(10-12-20)26(32)36-7-3/h8-13,16-17H,5-7,14-15H2,1-4H3. The summed E-state index contributed by atoms with van der Waals surface area (Å²) in [6.07, 6.45) is 1.68. The van der Waals surface area contributed by atoms with Crippen LogP contribution in [0.25, 0.3) is 0 Å². The number of rotatable bonds is 11. The molecule has 0 bridgehead atoms. The summed E-state index contributed by atoms with van der Waals surface area (Å²) >= 11 is 1.09. The van der Waals surface area contributed by atoms with Gasteiger partial charge in [0.25, 0.3) is 5.91 Å². The van der Waals surface area contributed by atoms with Gasteiger partial charge in [0.2, 0.25) is 0 Å². The third kappa shape index (κ3) is 7.36. The Morgan fingerprint density at radius 1 is 0.973 bits per heavy atom. The number of hydrogen-bond donors (Lipinski definition) is 0. The van der Waals surface area contributed by atoms with Crippen LogP contribution >= 0.6 is 11.8 Å². The van der Waals surface area contributed by atoms with Crippen molar-refractivity contribution in [3.05, 3.63) is 64.6 Å². The Morgan fingerprint density at radius 3 is 2.32 bits per heavy atom. The molecular weight excluding hydrogens is 496 g/mol. The van der Waals surface area contributed by atoms with Crippen molar-refractivity contribution >= 4 is 40.5 Å². The average molecular weight is 527 g/mol. The number of benzene rings is 2. The highest BCUT2D eigenvalue weighted by atomic mass is 32.2. The fourth-order valence-corrected chi connectivity index (χ4v) is 4.43. The molecule has 0 atom stereocenters. The minimum Gasteiger partial charge on any atom is -0.490 e. The lowest BCUT2D eigenvalue weighted by Gasteiger charge is -2.17. The number of amides is 1. The maximum absolute atomic E-state index is 13.1. The maximum Gasteiger partial charge on any atom is 0.338 e. The summed E-state index contributed by atoms with van der Waals surface area (Å²) < 4.78 is 21.0. The van der Waals surface area contributed by atoms with Crippen molar-refractivity contribution in [2.75, 3.05) is 33.5 Å². The van der Waals surface area contributed by atoms with Gasteiger partial charge in [0.1, 0.15) is 0 Å². The first kappa shape index (κ1) is 27.8. The van der Waals surface area contributed by atoms with Crippen molar-refractivity contribution in [3.8, 4) is 11.5 Å². The lowest BCUT2D eigenvalue weighted by Crippen LogP contribution is -2.31. The highest BCUT2D eigenvalue weighted by molar-refractivity contribution is 8.18. The number of carbonyl (C=O) groups is 3. The van der Waals surface area contributed by atoms with E-state index in [-0.39, 0.29) is 17.4 Å². The molecule has 1 saturated heterocycles. The SMILES string of the molecule is CCOC(=O)c1ccc(N=C2SC(=CC(=O)OC)C(=O)N2CCc2ccc(OCC)c(OCC)c2)cc1. The highest BCUT2D eigenvalue weighted by Gasteiger charge is 2.34. The lowest BCUT2D eigenvalue weighted by atomic mass is 10.1. The zero-order valence-electron chi connectivity index (χ0n) is 21.3. The van der Waals surface area contributed by atoms with Crippen LogP contribution in [0.15, 0.2) is 58.4 Å². The Morgan fingerprint density at radius 2 is 1.68 bits per heavy atom. The minimum atomic E-state index is -0.622. The molecule has 0 N–H and O–H groups in total. The Kier molecular flexibility index (Phi) is 10.1. The van der Waals surface area contributed by atoms with Crippen LogP contribution in [0.2, 0.25) is 0 Å². The molecule has 0 saturated carbocycles. The van der Waals surface area contributed by atoms with E-state index in [4.69, 9.17) is 18.9 Å². The number of carbonyl (C=O) groups excluding carboxylic acids is 3. The second-order valence-electron chi connectivity index (χ2n) is 7.65. The van der Waals surface area contributed by atoms with Crippen molar-refractivity contribution < 1.29 is 33.3 Å². The summed E-state index contributed by atoms with van der Waals surface area (Å²) in [6, 6.07) is 12.3. The summed E-state index contributed by atoms with van der Waals surface area (Å²) in [7, 11) is 1.25. The molecule has 1 amide bonds. The van der Waals surface area contributed by atoms with Crippen molar-refractivity contribution in [2.24, 2.45) is 4.99 Å². The first-order valence-corrected chi connectivity index (χ1v) is 12.8. The van der Waals surface area contributed by atoms with Gasteiger partial charge >= 0.3 is 11.9 Å². The van der Waals surface area contributed by atoms with E-state index in [1.165, 1.54) is 12.0 Å². The van der Waals surface area contributed by atoms with Crippen molar-refractivity contribution in [1.82, 2.24) is 4.90 Å². The molecule has 1 aliphatic rings. The van der Waals surface area contributed by atoms with E-state index >= 15 is 0 Å². The van der Waals surface area contributed by atoms with E-state index in [0.717, 1.165) is 23.4 Å². The summed E-state index contributed by atoms with van der Waals surface area (Å²) in [4.78, 5) is 43.2. The second-order valence-corrected chi connectivity index (χ2v) is 8.66. The molecule has 2 aromatic rings. The fraction of sp³-hybridized carbons (Fsp3) is 0.333. The van der Waals surface area contributed by atoms with E-state index in [9.17, 15) is 14.4 Å². The molecule has 0 spiro atoms. The molecule has 2 aromatic carbocycles. The lowest BCUT2D eigenvalue weighted by molar-refractivity contribution is -0.135. The Labute approximate surface area is 220 Å². The molecule has 0 unspecified atom stereocenters. The number of methoxy groups -OCH3 is 1. The molecule has 1 fully saturated rings. The number of thioether (sulfide) groups is 1. The summed E-state index contributed by atoms with van der Waals surface area (Å²) in [5.41, 5.74) is 1.91. The van der Waals surface area contributed by atoms with Gasteiger partial charge in [0.15, 0.2) is 16.7 Å². The highest BCUT2D eigenvalue weighted by Crippen LogP contribution is 2.34. The molecule has 1 aliphatic heterocycles. The van der Waals surface area contributed by atoms with Crippen LogP contribution in [0.4, 0.5) is 5.69 Å². The third-order valence-electron chi connectivity index (χ3n) is 5.17. The van der Waals surface area contributed by atoms with Crippen LogP contribution in [0.5, 0.6) is 11.5 Å². The van der Waals surface area contributed by atoms with Crippen molar-refractivity contribution in [1.29, 1.82) is 0 Å². The fourth-order valence-electron chi connectivity index (χ4n) is 3.44. The predicted molar refractivity (Wildman–Crippen MR) is 141 cm³/mol. The van der Waals surface area contributed by atoms with Crippen LogP contribution < -0.4 is 9.47 Å². The van der Waals surface area contributed by atoms with Crippen LogP contribution in [0.3, 0.4) is 0 Å². The monoisotopic (exact) mass is 526 g/mol. The van der Waals surface area contributed by atoms with E-state index in [1.807, 2.05) is 32.0 Å². The van der Waals surface area contributed by atoms with E-state index < -0.39 is 11.9 Å². The third-order valence-corrected chi connectivity index (χ3v) is 6.18. The van der Waals surface area contributed by atoms with Gasteiger partial charge in [-0.25, -0.2) is 14.6 Å². The van der Waals surface area contributed by atoms with Crippen LogP contribution in [-0.4, -0.2) is 61.4 Å². The maximum atomic E-state index is 13.1.